The molecule has 4 heteroatoms. The van der Waals surface area contributed by atoms with Crippen molar-refractivity contribution in [3.63, 3.8) is 0 Å². The van der Waals surface area contributed by atoms with Gasteiger partial charge in [-0.15, -0.1) is 0 Å². The molecule has 4 nitrogen and oxygen atoms in total. The summed E-state index contributed by atoms with van der Waals surface area (Å²) in [4.78, 5) is 11.1. The highest BCUT2D eigenvalue weighted by atomic mass is 16.4. The van der Waals surface area contributed by atoms with Crippen LogP contribution in [0.1, 0.15) is 45.4 Å². The summed E-state index contributed by atoms with van der Waals surface area (Å²) in [6, 6.07) is 0.955. The third-order valence-corrected chi connectivity index (χ3v) is 5.76. The standard InChI is InChI=1S/C16H28N2O2/c1-11-4-15(5-11)18(8-12-2-3-12)9-13(7-16(19)20)6-14(17)10-18/h11-15H,2-10,17H2,1H3/p+1. The molecule has 0 amide bonds. The van der Waals surface area contributed by atoms with Gasteiger partial charge in [0, 0.05) is 24.7 Å². The van der Waals surface area contributed by atoms with Gasteiger partial charge in [0.2, 0.25) is 0 Å². The van der Waals surface area contributed by atoms with Crippen molar-refractivity contribution < 1.29 is 14.4 Å². The number of hydrogen-bond acceptors (Lipinski definition) is 2. The number of carbonyl (C=O) groups is 1. The summed E-state index contributed by atoms with van der Waals surface area (Å²) in [7, 11) is 0. The van der Waals surface area contributed by atoms with Gasteiger partial charge in [0.05, 0.1) is 38.1 Å². The zero-order valence-electron chi connectivity index (χ0n) is 12.6. The van der Waals surface area contributed by atoms with Gasteiger partial charge in [0.25, 0.3) is 0 Å². The van der Waals surface area contributed by atoms with E-state index in [0.717, 1.165) is 41.9 Å². The Bertz CT molecular complexity index is 373. The highest BCUT2D eigenvalue weighted by Crippen LogP contribution is 2.43. The van der Waals surface area contributed by atoms with E-state index in [0.29, 0.717) is 6.42 Å². The molecule has 1 saturated heterocycles. The molecule has 2 aliphatic carbocycles. The van der Waals surface area contributed by atoms with Gasteiger partial charge >= 0.3 is 5.97 Å². The van der Waals surface area contributed by atoms with Crippen LogP contribution in [0, 0.1) is 17.8 Å². The van der Waals surface area contributed by atoms with Crippen molar-refractivity contribution in [1.82, 2.24) is 0 Å². The van der Waals surface area contributed by atoms with Crippen LogP contribution < -0.4 is 5.73 Å². The van der Waals surface area contributed by atoms with Gasteiger partial charge in [-0.1, -0.05) is 6.92 Å². The predicted octanol–water partition coefficient (Wildman–Crippen LogP) is 1.83. The first-order valence-corrected chi connectivity index (χ1v) is 8.30. The number of aliphatic carboxylic acids is 1. The molecule has 1 aliphatic heterocycles. The van der Waals surface area contributed by atoms with Crippen molar-refractivity contribution in [3.8, 4) is 0 Å². The topological polar surface area (TPSA) is 63.3 Å². The van der Waals surface area contributed by atoms with Gasteiger partial charge in [-0.25, -0.2) is 0 Å². The molecule has 3 rings (SSSR count). The van der Waals surface area contributed by atoms with E-state index < -0.39 is 5.97 Å². The van der Waals surface area contributed by atoms with E-state index in [1.165, 1.54) is 32.2 Å². The van der Waals surface area contributed by atoms with Crippen LogP contribution in [0.15, 0.2) is 0 Å². The Hall–Kier alpha value is -0.610. The number of piperidine rings is 1. The van der Waals surface area contributed by atoms with Crippen LogP contribution >= 0.6 is 0 Å². The maximum Gasteiger partial charge on any atom is 0.303 e. The zero-order valence-corrected chi connectivity index (χ0v) is 12.6. The predicted molar refractivity (Wildman–Crippen MR) is 78.1 cm³/mol. The number of quaternary nitrogens is 1. The first-order valence-electron chi connectivity index (χ1n) is 8.30. The second-order valence-electron chi connectivity index (χ2n) is 7.90. The largest absolute Gasteiger partial charge is 0.481 e. The molecule has 2 saturated carbocycles. The quantitative estimate of drug-likeness (QED) is 0.756. The lowest BCUT2D eigenvalue weighted by molar-refractivity contribution is -0.967. The Morgan fingerprint density at radius 1 is 1.20 bits per heavy atom. The third-order valence-electron chi connectivity index (χ3n) is 5.76. The highest BCUT2D eigenvalue weighted by molar-refractivity contribution is 5.67. The SMILES string of the molecule is CC1CC([N+]2(CC3CC3)CC(N)CC(CC(=O)O)C2)C1. The minimum Gasteiger partial charge on any atom is -0.481 e. The molecule has 0 spiro atoms. The minimum absolute atomic E-state index is 0.197. The Morgan fingerprint density at radius 3 is 2.45 bits per heavy atom. The summed E-state index contributed by atoms with van der Waals surface area (Å²) < 4.78 is 1.15. The molecule has 0 aromatic heterocycles. The molecule has 3 N–H and O–H groups in total. The Kier molecular flexibility index (Phi) is 3.80. The molecular formula is C16H29N2O2+. The van der Waals surface area contributed by atoms with Crippen molar-refractivity contribution in [3.05, 3.63) is 0 Å². The normalized spacial score (nSPS) is 44.9. The Morgan fingerprint density at radius 2 is 1.90 bits per heavy atom. The molecule has 114 valence electrons. The van der Waals surface area contributed by atoms with E-state index in [9.17, 15) is 4.79 Å². The zero-order chi connectivity index (χ0) is 14.3. The summed E-state index contributed by atoms with van der Waals surface area (Å²) in [5.74, 6) is 1.37. The maximum atomic E-state index is 11.1. The fourth-order valence-electron chi connectivity index (χ4n) is 4.75. The third kappa shape index (κ3) is 3.01. The van der Waals surface area contributed by atoms with Gasteiger partial charge < -0.3 is 15.3 Å². The summed E-state index contributed by atoms with van der Waals surface area (Å²) in [5.41, 5.74) is 6.32. The van der Waals surface area contributed by atoms with Crippen LogP contribution in [0.5, 0.6) is 0 Å². The van der Waals surface area contributed by atoms with E-state index in [1.54, 1.807) is 0 Å². The highest BCUT2D eigenvalue weighted by Gasteiger charge is 2.50. The number of carboxylic acids is 1. The van der Waals surface area contributed by atoms with Gasteiger partial charge in [-0.05, 0) is 25.2 Å². The van der Waals surface area contributed by atoms with Crippen molar-refractivity contribution >= 4 is 5.97 Å². The molecule has 0 aromatic carbocycles. The van der Waals surface area contributed by atoms with E-state index in [2.05, 4.69) is 6.92 Å². The van der Waals surface area contributed by atoms with Crippen molar-refractivity contribution in [2.75, 3.05) is 19.6 Å². The first-order chi connectivity index (χ1) is 9.47. The second kappa shape index (κ2) is 5.30. The van der Waals surface area contributed by atoms with Crippen LogP contribution in [0.25, 0.3) is 0 Å². The van der Waals surface area contributed by atoms with Gasteiger partial charge in [-0.2, -0.15) is 0 Å². The van der Waals surface area contributed by atoms with E-state index in [-0.39, 0.29) is 12.0 Å². The number of carboxylic acid groups (broad SMARTS) is 1. The summed E-state index contributed by atoms with van der Waals surface area (Å²) >= 11 is 0. The Labute approximate surface area is 121 Å². The lowest BCUT2D eigenvalue weighted by atomic mass is 9.76. The lowest BCUT2D eigenvalue weighted by Gasteiger charge is -2.55. The lowest BCUT2D eigenvalue weighted by Crippen LogP contribution is -2.68. The van der Waals surface area contributed by atoms with Gasteiger partial charge in [-0.3, -0.25) is 4.79 Å². The molecule has 20 heavy (non-hydrogen) atoms. The fraction of sp³-hybridized carbons (Fsp3) is 0.938. The molecular weight excluding hydrogens is 252 g/mol. The van der Waals surface area contributed by atoms with Crippen molar-refractivity contribution in [2.24, 2.45) is 23.5 Å². The number of hydrogen-bond donors (Lipinski definition) is 2. The average Bonchev–Trinajstić information content (AvgIpc) is 3.06. The van der Waals surface area contributed by atoms with E-state index >= 15 is 0 Å². The molecule has 3 aliphatic rings. The second-order valence-corrected chi connectivity index (χ2v) is 7.90. The van der Waals surface area contributed by atoms with Crippen LogP contribution in [0.2, 0.25) is 0 Å². The first kappa shape index (κ1) is 14.3. The number of rotatable bonds is 5. The van der Waals surface area contributed by atoms with Crippen LogP contribution in [0.4, 0.5) is 0 Å². The molecule has 3 atom stereocenters. The van der Waals surface area contributed by atoms with Crippen LogP contribution in [0.3, 0.4) is 0 Å². The molecule has 3 unspecified atom stereocenters. The fourth-order valence-corrected chi connectivity index (χ4v) is 4.75. The van der Waals surface area contributed by atoms with Crippen molar-refractivity contribution in [2.45, 2.75) is 57.5 Å². The maximum absolute atomic E-state index is 11.1. The smallest absolute Gasteiger partial charge is 0.303 e. The summed E-state index contributed by atoms with van der Waals surface area (Å²) in [6.07, 6.45) is 6.60. The van der Waals surface area contributed by atoms with Gasteiger partial charge in [0.15, 0.2) is 0 Å². The van der Waals surface area contributed by atoms with Crippen molar-refractivity contribution in [1.29, 1.82) is 0 Å². The molecule has 1 heterocycles. The summed E-state index contributed by atoms with van der Waals surface area (Å²) in [5, 5.41) is 9.12. The average molecular weight is 281 g/mol. The van der Waals surface area contributed by atoms with Gasteiger partial charge in [0.1, 0.15) is 0 Å². The van der Waals surface area contributed by atoms with Crippen LogP contribution in [-0.2, 0) is 4.79 Å². The molecule has 0 aromatic rings. The minimum atomic E-state index is -0.657. The molecule has 0 radical (unpaired) electrons. The molecule has 3 fully saturated rings. The number of nitrogens with two attached hydrogens (primary N) is 1. The summed E-state index contributed by atoms with van der Waals surface area (Å²) in [6.45, 7) is 5.75. The number of nitrogens with zero attached hydrogens (tertiary/aromatic N) is 1. The monoisotopic (exact) mass is 281 g/mol. The van der Waals surface area contributed by atoms with E-state index in [1.807, 2.05) is 0 Å². The molecule has 0 bridgehead atoms. The number of likely N-dealkylation sites (tertiary alicyclic amines) is 1. The Balaban J connectivity index is 1.73. The van der Waals surface area contributed by atoms with Crippen LogP contribution in [-0.4, -0.2) is 47.3 Å². The van der Waals surface area contributed by atoms with E-state index in [4.69, 9.17) is 10.8 Å².